The molecule has 23 heavy (non-hydrogen) atoms. The van der Waals surface area contributed by atoms with E-state index in [4.69, 9.17) is 15.2 Å². The number of aromatic nitrogens is 1. The van der Waals surface area contributed by atoms with Crippen molar-refractivity contribution in [3.63, 3.8) is 0 Å². The number of ether oxygens (including phenoxy) is 2. The van der Waals surface area contributed by atoms with E-state index >= 15 is 0 Å². The molecule has 1 amide bonds. The normalized spacial score (nSPS) is 17.2. The number of thiazole rings is 1. The zero-order chi connectivity index (χ0) is 16.1. The molecule has 1 aliphatic heterocycles. The largest absolute Gasteiger partial charge is 0.491 e. The molecule has 0 spiro atoms. The Morgan fingerprint density at radius 1 is 1.52 bits per heavy atom. The van der Waals surface area contributed by atoms with Gasteiger partial charge in [-0.2, -0.15) is 0 Å². The maximum absolute atomic E-state index is 12.2. The van der Waals surface area contributed by atoms with Gasteiger partial charge in [0.05, 0.1) is 6.10 Å². The number of anilines is 1. The highest BCUT2D eigenvalue weighted by atomic mass is 32.1. The molecule has 2 aromatic rings. The molecule has 1 fully saturated rings. The number of rotatable bonds is 6. The first-order valence-electron chi connectivity index (χ1n) is 7.55. The molecule has 3 N–H and O–H groups in total. The molecule has 0 radical (unpaired) electrons. The molecule has 0 saturated carbocycles. The Labute approximate surface area is 138 Å². The van der Waals surface area contributed by atoms with E-state index in [1.165, 1.54) is 11.3 Å². The van der Waals surface area contributed by atoms with Crippen LogP contribution in [0.1, 0.15) is 28.3 Å². The predicted molar refractivity (Wildman–Crippen MR) is 88.9 cm³/mol. The summed E-state index contributed by atoms with van der Waals surface area (Å²) in [5.74, 6) is 0.455. The highest BCUT2D eigenvalue weighted by Crippen LogP contribution is 2.20. The van der Waals surface area contributed by atoms with Crippen molar-refractivity contribution in [1.82, 2.24) is 4.98 Å². The fourth-order valence-corrected chi connectivity index (χ4v) is 2.99. The van der Waals surface area contributed by atoms with Crippen LogP contribution in [0.2, 0.25) is 0 Å². The first-order valence-corrected chi connectivity index (χ1v) is 8.43. The van der Waals surface area contributed by atoms with E-state index in [0.29, 0.717) is 30.3 Å². The minimum atomic E-state index is -0.253. The van der Waals surface area contributed by atoms with E-state index in [9.17, 15) is 4.79 Å². The Balaban J connectivity index is 1.59. The Bertz CT molecular complexity index is 668. The topological polar surface area (TPSA) is 86.5 Å². The van der Waals surface area contributed by atoms with E-state index in [1.807, 2.05) is 18.2 Å². The number of benzene rings is 1. The maximum Gasteiger partial charge on any atom is 0.275 e. The van der Waals surface area contributed by atoms with Crippen LogP contribution in [0.25, 0.3) is 0 Å². The van der Waals surface area contributed by atoms with Crippen molar-refractivity contribution in [2.45, 2.75) is 25.5 Å². The molecular weight excluding hydrogens is 314 g/mol. The first-order chi connectivity index (χ1) is 11.2. The van der Waals surface area contributed by atoms with Crippen LogP contribution in [-0.2, 0) is 11.3 Å². The number of nitrogens with zero attached hydrogens (tertiary/aromatic N) is 1. The fraction of sp³-hybridized carbons (Fsp3) is 0.375. The van der Waals surface area contributed by atoms with Crippen molar-refractivity contribution in [1.29, 1.82) is 0 Å². The minimum Gasteiger partial charge on any atom is -0.491 e. The number of hydrogen-bond acceptors (Lipinski definition) is 6. The van der Waals surface area contributed by atoms with Crippen molar-refractivity contribution < 1.29 is 14.3 Å². The Morgan fingerprint density at radius 2 is 2.43 bits per heavy atom. The van der Waals surface area contributed by atoms with Gasteiger partial charge in [-0.15, -0.1) is 11.3 Å². The lowest BCUT2D eigenvalue weighted by molar-refractivity contribution is 0.0680. The molecule has 1 saturated heterocycles. The smallest absolute Gasteiger partial charge is 0.275 e. The van der Waals surface area contributed by atoms with E-state index in [-0.39, 0.29) is 12.0 Å². The van der Waals surface area contributed by atoms with E-state index < -0.39 is 0 Å². The molecule has 1 unspecified atom stereocenters. The van der Waals surface area contributed by atoms with Crippen molar-refractivity contribution in [2.75, 3.05) is 18.5 Å². The maximum atomic E-state index is 12.2. The standard InChI is InChI=1S/C16H19N3O3S/c17-8-15-19-14(10-23-15)16(20)18-11-3-1-4-12(7-11)22-9-13-5-2-6-21-13/h1,3-4,7,10,13H,2,5-6,8-9,17H2,(H,18,20). The summed E-state index contributed by atoms with van der Waals surface area (Å²) in [4.78, 5) is 16.3. The van der Waals surface area contributed by atoms with Crippen LogP contribution >= 0.6 is 11.3 Å². The first kappa shape index (κ1) is 15.9. The summed E-state index contributed by atoms with van der Waals surface area (Å²) in [6.07, 6.45) is 2.28. The Kier molecular flexibility index (Phi) is 5.22. The molecule has 1 aromatic heterocycles. The van der Waals surface area contributed by atoms with Crippen molar-refractivity contribution in [3.05, 3.63) is 40.3 Å². The number of carbonyl (C=O) groups is 1. The molecule has 1 aromatic carbocycles. The summed E-state index contributed by atoms with van der Waals surface area (Å²) in [7, 11) is 0. The lowest BCUT2D eigenvalue weighted by Crippen LogP contribution is -2.16. The molecule has 122 valence electrons. The molecule has 1 aliphatic rings. The van der Waals surface area contributed by atoms with Crippen molar-refractivity contribution in [3.8, 4) is 5.75 Å². The van der Waals surface area contributed by atoms with Crippen LogP contribution in [0.15, 0.2) is 29.6 Å². The third-order valence-corrected chi connectivity index (χ3v) is 4.38. The number of carbonyl (C=O) groups excluding carboxylic acids is 1. The second kappa shape index (κ2) is 7.54. The summed E-state index contributed by atoms with van der Waals surface area (Å²) < 4.78 is 11.3. The van der Waals surface area contributed by atoms with Gasteiger partial charge in [-0.3, -0.25) is 4.79 Å². The van der Waals surface area contributed by atoms with Gasteiger partial charge < -0.3 is 20.5 Å². The van der Waals surface area contributed by atoms with Gasteiger partial charge in [0.15, 0.2) is 0 Å². The molecule has 1 atom stereocenters. The van der Waals surface area contributed by atoms with E-state index in [0.717, 1.165) is 24.5 Å². The third kappa shape index (κ3) is 4.28. The highest BCUT2D eigenvalue weighted by Gasteiger charge is 2.16. The van der Waals surface area contributed by atoms with Gasteiger partial charge in [-0.05, 0) is 25.0 Å². The van der Waals surface area contributed by atoms with Crippen LogP contribution < -0.4 is 15.8 Å². The summed E-state index contributed by atoms with van der Waals surface area (Å²) in [6, 6.07) is 7.31. The average molecular weight is 333 g/mol. The molecular formula is C16H19N3O3S. The molecule has 6 nitrogen and oxygen atoms in total. The number of nitrogens with one attached hydrogen (secondary N) is 1. The van der Waals surface area contributed by atoms with Gasteiger partial charge in [0.1, 0.15) is 23.1 Å². The highest BCUT2D eigenvalue weighted by molar-refractivity contribution is 7.09. The second-order valence-electron chi connectivity index (χ2n) is 5.26. The van der Waals surface area contributed by atoms with Gasteiger partial charge in [0.2, 0.25) is 0 Å². The lowest BCUT2D eigenvalue weighted by Gasteiger charge is -2.12. The summed E-state index contributed by atoms with van der Waals surface area (Å²) in [6.45, 7) is 1.68. The zero-order valence-electron chi connectivity index (χ0n) is 12.7. The minimum absolute atomic E-state index is 0.165. The molecule has 3 rings (SSSR count). The van der Waals surface area contributed by atoms with Gasteiger partial charge >= 0.3 is 0 Å². The van der Waals surface area contributed by atoms with Gasteiger partial charge in [-0.1, -0.05) is 6.07 Å². The SMILES string of the molecule is NCc1nc(C(=O)Nc2cccc(OCC3CCCO3)c2)cs1. The van der Waals surface area contributed by atoms with E-state index in [2.05, 4.69) is 10.3 Å². The molecule has 0 aliphatic carbocycles. The average Bonchev–Trinajstić information content (AvgIpc) is 3.25. The Hall–Kier alpha value is -1.96. The van der Waals surface area contributed by atoms with Crippen LogP contribution in [0.3, 0.4) is 0 Å². The molecule has 0 bridgehead atoms. The molecule has 2 heterocycles. The fourth-order valence-electron chi connectivity index (χ4n) is 2.33. The second-order valence-corrected chi connectivity index (χ2v) is 6.20. The van der Waals surface area contributed by atoms with Gasteiger partial charge in [0, 0.05) is 30.3 Å². The van der Waals surface area contributed by atoms with Gasteiger partial charge in [-0.25, -0.2) is 4.98 Å². The van der Waals surface area contributed by atoms with E-state index in [1.54, 1.807) is 11.4 Å². The zero-order valence-corrected chi connectivity index (χ0v) is 13.5. The lowest BCUT2D eigenvalue weighted by atomic mass is 10.2. The number of hydrogen-bond donors (Lipinski definition) is 2. The van der Waals surface area contributed by atoms with Crippen LogP contribution in [0.4, 0.5) is 5.69 Å². The quantitative estimate of drug-likeness (QED) is 0.848. The summed E-state index contributed by atoms with van der Waals surface area (Å²) in [5.41, 5.74) is 6.55. The van der Waals surface area contributed by atoms with Crippen molar-refractivity contribution in [2.24, 2.45) is 5.73 Å². The predicted octanol–water partition coefficient (Wildman–Crippen LogP) is 2.41. The number of nitrogens with two attached hydrogens (primary N) is 1. The summed E-state index contributed by atoms with van der Waals surface area (Å²) >= 11 is 1.38. The molecule has 7 heteroatoms. The number of amides is 1. The van der Waals surface area contributed by atoms with Crippen LogP contribution in [0, 0.1) is 0 Å². The monoisotopic (exact) mass is 333 g/mol. The van der Waals surface area contributed by atoms with Crippen LogP contribution in [-0.4, -0.2) is 30.2 Å². The summed E-state index contributed by atoms with van der Waals surface area (Å²) in [5, 5.41) is 5.26. The van der Waals surface area contributed by atoms with Gasteiger partial charge in [0.25, 0.3) is 5.91 Å². The van der Waals surface area contributed by atoms with Crippen molar-refractivity contribution >= 4 is 22.9 Å². The van der Waals surface area contributed by atoms with Crippen LogP contribution in [0.5, 0.6) is 5.75 Å². The Morgan fingerprint density at radius 3 is 3.17 bits per heavy atom. The third-order valence-electron chi connectivity index (χ3n) is 3.51.